The summed E-state index contributed by atoms with van der Waals surface area (Å²) in [5.74, 6) is -1.87. The largest absolute Gasteiger partial charge is 0.478 e. The van der Waals surface area contributed by atoms with Crippen molar-refractivity contribution in [3.8, 4) is 11.1 Å². The molecule has 32 heavy (non-hydrogen) atoms. The standard InChI is InChI=1S/C24H22F3N3O2/c25-24(26,27)23-29-20-9-3-1-2-8-19(20)21(30-23)28-14-15-10-12-16(13-11-15)17-6-4-5-7-18(17)22(31)32/h4-7,10-13H,1-3,8-9,14H2,(H,31,32)(H,28,29,30). The van der Waals surface area contributed by atoms with Gasteiger partial charge in [0.15, 0.2) is 0 Å². The number of carbonyl (C=O) groups is 1. The van der Waals surface area contributed by atoms with E-state index >= 15 is 0 Å². The van der Waals surface area contributed by atoms with E-state index in [-0.39, 0.29) is 11.4 Å². The number of halogens is 3. The van der Waals surface area contributed by atoms with Crippen LogP contribution in [0, 0.1) is 0 Å². The molecule has 5 nitrogen and oxygen atoms in total. The van der Waals surface area contributed by atoms with Gasteiger partial charge in [0, 0.05) is 17.8 Å². The monoisotopic (exact) mass is 441 g/mol. The van der Waals surface area contributed by atoms with Crippen LogP contribution in [0.3, 0.4) is 0 Å². The van der Waals surface area contributed by atoms with E-state index in [9.17, 15) is 23.1 Å². The van der Waals surface area contributed by atoms with Crippen molar-refractivity contribution in [3.05, 3.63) is 76.7 Å². The molecule has 2 N–H and O–H groups in total. The molecule has 2 aromatic carbocycles. The minimum atomic E-state index is -4.60. The SMILES string of the molecule is O=C(O)c1ccccc1-c1ccc(CNc2nc(C(F)(F)F)nc3c2CCCCC3)cc1. The first kappa shape index (κ1) is 21.8. The predicted octanol–water partition coefficient (Wildman–Crippen LogP) is 5.74. The zero-order chi connectivity index (χ0) is 22.7. The molecule has 1 aliphatic carbocycles. The Labute approximate surface area is 183 Å². The van der Waals surface area contributed by atoms with E-state index in [2.05, 4.69) is 15.3 Å². The minimum absolute atomic E-state index is 0.210. The van der Waals surface area contributed by atoms with Crippen LogP contribution < -0.4 is 5.32 Å². The van der Waals surface area contributed by atoms with Gasteiger partial charge in [-0.25, -0.2) is 14.8 Å². The van der Waals surface area contributed by atoms with Crippen LogP contribution in [0.5, 0.6) is 0 Å². The molecule has 166 valence electrons. The number of aromatic nitrogens is 2. The highest BCUT2D eigenvalue weighted by Gasteiger charge is 2.36. The van der Waals surface area contributed by atoms with Crippen molar-refractivity contribution < 1.29 is 23.1 Å². The Kier molecular flexibility index (Phi) is 6.12. The van der Waals surface area contributed by atoms with E-state index in [1.54, 1.807) is 36.4 Å². The Morgan fingerprint density at radius 3 is 2.41 bits per heavy atom. The summed E-state index contributed by atoms with van der Waals surface area (Å²) in [4.78, 5) is 19.1. The first-order valence-corrected chi connectivity index (χ1v) is 10.5. The minimum Gasteiger partial charge on any atom is -0.478 e. The number of anilines is 1. The topological polar surface area (TPSA) is 75.1 Å². The van der Waals surface area contributed by atoms with Crippen molar-refractivity contribution in [2.24, 2.45) is 0 Å². The fourth-order valence-electron chi connectivity index (χ4n) is 3.95. The molecule has 0 bridgehead atoms. The number of aromatic carboxylic acids is 1. The van der Waals surface area contributed by atoms with E-state index < -0.39 is 18.0 Å². The van der Waals surface area contributed by atoms with Crippen molar-refractivity contribution in [3.63, 3.8) is 0 Å². The van der Waals surface area contributed by atoms with Crippen LogP contribution in [-0.4, -0.2) is 21.0 Å². The van der Waals surface area contributed by atoms with Gasteiger partial charge in [-0.2, -0.15) is 13.2 Å². The summed E-state index contributed by atoms with van der Waals surface area (Å²) >= 11 is 0. The summed E-state index contributed by atoms with van der Waals surface area (Å²) in [5.41, 5.74) is 3.66. The molecule has 0 radical (unpaired) electrons. The zero-order valence-corrected chi connectivity index (χ0v) is 17.2. The maximum atomic E-state index is 13.3. The third kappa shape index (κ3) is 4.74. The number of hydrogen-bond donors (Lipinski definition) is 2. The van der Waals surface area contributed by atoms with Crippen molar-refractivity contribution in [1.29, 1.82) is 0 Å². The molecule has 0 spiro atoms. The Bertz CT molecular complexity index is 1130. The predicted molar refractivity (Wildman–Crippen MR) is 114 cm³/mol. The third-order valence-electron chi connectivity index (χ3n) is 5.57. The summed E-state index contributed by atoms with van der Waals surface area (Å²) in [6.07, 6.45) is -0.754. The number of nitrogens with one attached hydrogen (secondary N) is 1. The average Bonchev–Trinajstić information content (AvgIpc) is 3.03. The van der Waals surface area contributed by atoms with Gasteiger partial charge in [-0.05, 0) is 48.4 Å². The maximum absolute atomic E-state index is 13.3. The van der Waals surface area contributed by atoms with E-state index in [0.717, 1.165) is 36.0 Å². The highest BCUT2D eigenvalue weighted by molar-refractivity contribution is 5.95. The van der Waals surface area contributed by atoms with Crippen LogP contribution in [0.4, 0.5) is 19.0 Å². The molecule has 0 unspecified atom stereocenters. The third-order valence-corrected chi connectivity index (χ3v) is 5.57. The second-order valence-electron chi connectivity index (χ2n) is 7.78. The number of benzene rings is 2. The van der Waals surface area contributed by atoms with E-state index in [1.807, 2.05) is 12.1 Å². The zero-order valence-electron chi connectivity index (χ0n) is 17.2. The quantitative estimate of drug-likeness (QED) is 0.494. The van der Waals surface area contributed by atoms with E-state index in [1.165, 1.54) is 0 Å². The first-order valence-electron chi connectivity index (χ1n) is 10.5. The van der Waals surface area contributed by atoms with Gasteiger partial charge in [0.1, 0.15) is 5.82 Å². The number of carboxylic acid groups (broad SMARTS) is 1. The lowest BCUT2D eigenvalue weighted by molar-refractivity contribution is -0.145. The fraction of sp³-hybridized carbons (Fsp3) is 0.292. The molecule has 0 fully saturated rings. The molecule has 8 heteroatoms. The van der Waals surface area contributed by atoms with Gasteiger partial charge in [0.25, 0.3) is 0 Å². The average molecular weight is 441 g/mol. The number of fused-ring (bicyclic) bond motifs is 1. The molecule has 0 saturated heterocycles. The van der Waals surface area contributed by atoms with Crippen LogP contribution in [0.2, 0.25) is 0 Å². The molecule has 0 saturated carbocycles. The number of carboxylic acids is 1. The Balaban J connectivity index is 1.57. The normalized spacial score (nSPS) is 13.8. The van der Waals surface area contributed by atoms with Gasteiger partial charge < -0.3 is 10.4 Å². The number of alkyl halides is 3. The van der Waals surface area contributed by atoms with Gasteiger partial charge in [0.05, 0.1) is 5.56 Å². The molecular formula is C24H22F3N3O2. The van der Waals surface area contributed by atoms with Crippen LogP contribution in [0.1, 0.15) is 52.3 Å². The molecule has 1 heterocycles. The summed E-state index contributed by atoms with van der Waals surface area (Å²) < 4.78 is 39.9. The van der Waals surface area contributed by atoms with Gasteiger partial charge in [-0.3, -0.25) is 0 Å². The van der Waals surface area contributed by atoms with E-state index in [4.69, 9.17) is 0 Å². The van der Waals surface area contributed by atoms with E-state index in [0.29, 0.717) is 30.6 Å². The second-order valence-corrected chi connectivity index (χ2v) is 7.78. The Morgan fingerprint density at radius 2 is 1.69 bits per heavy atom. The number of hydrogen-bond acceptors (Lipinski definition) is 4. The molecule has 1 aliphatic rings. The second kappa shape index (κ2) is 8.98. The highest BCUT2D eigenvalue weighted by atomic mass is 19.4. The summed E-state index contributed by atoms with van der Waals surface area (Å²) in [7, 11) is 0. The number of nitrogens with zero attached hydrogens (tertiary/aromatic N) is 2. The highest BCUT2D eigenvalue weighted by Crippen LogP contribution is 2.32. The first-order chi connectivity index (χ1) is 15.3. The van der Waals surface area contributed by atoms with Crippen LogP contribution in [0.15, 0.2) is 48.5 Å². The summed E-state index contributed by atoms with van der Waals surface area (Å²) in [5, 5.41) is 12.5. The van der Waals surface area contributed by atoms with Crippen molar-refractivity contribution in [2.45, 2.75) is 44.8 Å². The molecular weight excluding hydrogens is 419 g/mol. The van der Waals surface area contributed by atoms with Crippen molar-refractivity contribution in [1.82, 2.24) is 9.97 Å². The molecule has 1 aromatic heterocycles. The van der Waals surface area contributed by atoms with Crippen LogP contribution in [-0.2, 0) is 25.6 Å². The van der Waals surface area contributed by atoms with Gasteiger partial charge in [-0.1, -0.05) is 48.9 Å². The maximum Gasteiger partial charge on any atom is 0.451 e. The molecule has 3 aromatic rings. The van der Waals surface area contributed by atoms with Crippen molar-refractivity contribution in [2.75, 3.05) is 5.32 Å². The van der Waals surface area contributed by atoms with Crippen LogP contribution in [0.25, 0.3) is 11.1 Å². The number of rotatable bonds is 5. The Hall–Kier alpha value is -3.42. The lowest BCUT2D eigenvalue weighted by atomic mass is 9.99. The molecule has 0 aliphatic heterocycles. The summed E-state index contributed by atoms with van der Waals surface area (Å²) in [6.45, 7) is 0.293. The fourth-order valence-corrected chi connectivity index (χ4v) is 3.95. The van der Waals surface area contributed by atoms with Gasteiger partial charge in [-0.15, -0.1) is 0 Å². The van der Waals surface area contributed by atoms with Gasteiger partial charge >= 0.3 is 12.1 Å². The van der Waals surface area contributed by atoms with Crippen LogP contribution >= 0.6 is 0 Å². The molecule has 4 rings (SSSR count). The lowest BCUT2D eigenvalue weighted by Crippen LogP contribution is -2.17. The van der Waals surface area contributed by atoms with Crippen molar-refractivity contribution >= 4 is 11.8 Å². The Morgan fingerprint density at radius 1 is 0.969 bits per heavy atom. The molecule has 0 amide bonds. The molecule has 0 atom stereocenters. The van der Waals surface area contributed by atoms with Gasteiger partial charge in [0.2, 0.25) is 5.82 Å². The summed E-state index contributed by atoms with van der Waals surface area (Å²) in [6, 6.07) is 14.0. The lowest BCUT2D eigenvalue weighted by Gasteiger charge is -2.16. The smallest absolute Gasteiger partial charge is 0.451 e. The number of aryl methyl sites for hydroxylation is 1.